The standard InChI is InChI=1S/C16H30N2O2.C15H21NO4/c1-16(2,11-14-5-3-4-8-17-14)15(19)18-12-13-6-9-20-10-7-13;1-15(2)14(18)16(7-4-8-19-3)12-9-11(10-17)5-6-13(12)20-15/h13-14,17H,3-12H2,1-2H3,(H,18,19);5-6,9,17H,4,7-8,10H2,1-3H3/t14-;/m0./s1. The average Bonchev–Trinajstić information content (AvgIpc) is 2.94. The molecule has 0 bridgehead atoms. The number of aliphatic hydroxyl groups excluding tert-OH is 1. The zero-order valence-electron chi connectivity index (χ0n) is 25.2. The number of carbonyl (C=O) groups excluding carboxylic acids is 2. The Balaban J connectivity index is 0.000000220. The summed E-state index contributed by atoms with van der Waals surface area (Å²) < 4.78 is 16.2. The Morgan fingerprint density at radius 2 is 1.98 bits per heavy atom. The third-order valence-electron chi connectivity index (χ3n) is 8.03. The van der Waals surface area contributed by atoms with Crippen molar-refractivity contribution in [3.05, 3.63) is 23.8 Å². The summed E-state index contributed by atoms with van der Waals surface area (Å²) in [4.78, 5) is 26.6. The number of piperidine rings is 1. The average molecular weight is 562 g/mol. The van der Waals surface area contributed by atoms with Crippen molar-refractivity contribution >= 4 is 17.5 Å². The molecule has 226 valence electrons. The molecule has 0 unspecified atom stereocenters. The molecule has 2 amide bonds. The summed E-state index contributed by atoms with van der Waals surface area (Å²) in [6.45, 7) is 12.4. The van der Waals surface area contributed by atoms with Crippen LogP contribution in [0.25, 0.3) is 0 Å². The van der Waals surface area contributed by atoms with E-state index in [1.807, 2.05) is 0 Å². The number of benzene rings is 1. The Bertz CT molecular complexity index is 954. The van der Waals surface area contributed by atoms with Gasteiger partial charge in [-0.15, -0.1) is 0 Å². The molecule has 3 N–H and O–H groups in total. The van der Waals surface area contributed by atoms with E-state index in [9.17, 15) is 14.7 Å². The first kappa shape index (κ1) is 32.3. The van der Waals surface area contributed by atoms with Gasteiger partial charge in [0.15, 0.2) is 5.60 Å². The van der Waals surface area contributed by atoms with E-state index in [-0.39, 0.29) is 23.8 Å². The largest absolute Gasteiger partial charge is 0.476 e. The molecule has 3 heterocycles. The van der Waals surface area contributed by atoms with E-state index in [2.05, 4.69) is 24.5 Å². The van der Waals surface area contributed by atoms with Crippen LogP contribution in [-0.2, 0) is 25.7 Å². The van der Waals surface area contributed by atoms with Gasteiger partial charge in [-0.3, -0.25) is 9.59 Å². The molecule has 0 aliphatic carbocycles. The number of hydrogen-bond acceptors (Lipinski definition) is 7. The third kappa shape index (κ3) is 9.16. The summed E-state index contributed by atoms with van der Waals surface area (Å²) in [6.07, 6.45) is 7.60. The second-order valence-corrected chi connectivity index (χ2v) is 12.4. The lowest BCUT2D eigenvalue weighted by atomic mass is 9.82. The molecule has 2 fully saturated rings. The molecular formula is C31H51N3O6. The van der Waals surface area contributed by atoms with Gasteiger partial charge in [-0.05, 0) is 82.5 Å². The predicted molar refractivity (Wildman–Crippen MR) is 157 cm³/mol. The summed E-state index contributed by atoms with van der Waals surface area (Å²) in [7, 11) is 1.64. The first-order valence-electron chi connectivity index (χ1n) is 14.9. The highest BCUT2D eigenvalue weighted by Gasteiger charge is 2.40. The fourth-order valence-electron chi connectivity index (χ4n) is 5.53. The van der Waals surface area contributed by atoms with Crippen LogP contribution < -0.4 is 20.3 Å². The molecule has 9 heteroatoms. The number of anilines is 1. The molecule has 0 aromatic heterocycles. The van der Waals surface area contributed by atoms with Crippen molar-refractivity contribution in [2.24, 2.45) is 11.3 Å². The lowest BCUT2D eigenvalue weighted by Gasteiger charge is -2.39. The number of nitrogens with one attached hydrogen (secondary N) is 2. The van der Waals surface area contributed by atoms with E-state index in [0.717, 1.165) is 63.2 Å². The highest BCUT2D eigenvalue weighted by molar-refractivity contribution is 6.02. The fourth-order valence-corrected chi connectivity index (χ4v) is 5.53. The Hall–Kier alpha value is -2.20. The molecule has 1 atom stereocenters. The van der Waals surface area contributed by atoms with Gasteiger partial charge < -0.3 is 34.9 Å². The second-order valence-electron chi connectivity index (χ2n) is 12.4. The van der Waals surface area contributed by atoms with E-state index in [4.69, 9.17) is 14.2 Å². The molecule has 0 radical (unpaired) electrons. The van der Waals surface area contributed by atoms with Gasteiger partial charge in [0.1, 0.15) is 5.75 Å². The van der Waals surface area contributed by atoms with Crippen LogP contribution >= 0.6 is 0 Å². The quantitative estimate of drug-likeness (QED) is 0.373. The number of aliphatic hydroxyl groups is 1. The number of amides is 2. The van der Waals surface area contributed by atoms with Gasteiger partial charge in [-0.1, -0.05) is 26.3 Å². The lowest BCUT2D eigenvalue weighted by Crippen LogP contribution is -2.52. The minimum atomic E-state index is -0.874. The zero-order valence-corrected chi connectivity index (χ0v) is 25.2. The number of hydrogen-bond donors (Lipinski definition) is 3. The van der Waals surface area contributed by atoms with E-state index >= 15 is 0 Å². The van der Waals surface area contributed by atoms with Crippen LogP contribution in [0, 0.1) is 11.3 Å². The molecule has 0 spiro atoms. The van der Waals surface area contributed by atoms with Crippen molar-refractivity contribution in [3.63, 3.8) is 0 Å². The van der Waals surface area contributed by atoms with Gasteiger partial charge >= 0.3 is 0 Å². The van der Waals surface area contributed by atoms with Crippen LogP contribution in [0.2, 0.25) is 0 Å². The monoisotopic (exact) mass is 561 g/mol. The minimum Gasteiger partial charge on any atom is -0.476 e. The SMILES string of the molecule is CC(C)(C[C@@H]1CCCCN1)C(=O)NCC1CCOCC1.COCCCN1C(=O)C(C)(C)Oc2ccc(CO)cc21. The molecule has 2 saturated heterocycles. The topological polar surface area (TPSA) is 109 Å². The highest BCUT2D eigenvalue weighted by Crippen LogP contribution is 2.38. The van der Waals surface area contributed by atoms with Gasteiger partial charge in [0.2, 0.25) is 5.91 Å². The van der Waals surface area contributed by atoms with Crippen LogP contribution in [0.3, 0.4) is 0 Å². The van der Waals surface area contributed by atoms with Crippen molar-refractivity contribution in [3.8, 4) is 5.75 Å². The Morgan fingerprint density at radius 1 is 1.23 bits per heavy atom. The van der Waals surface area contributed by atoms with Crippen LogP contribution in [0.4, 0.5) is 5.69 Å². The number of carbonyl (C=O) groups is 2. The fraction of sp³-hybridized carbons (Fsp3) is 0.742. The van der Waals surface area contributed by atoms with Crippen molar-refractivity contribution in [1.82, 2.24) is 10.6 Å². The van der Waals surface area contributed by atoms with Gasteiger partial charge in [0.05, 0.1) is 12.3 Å². The molecule has 3 aliphatic rings. The van der Waals surface area contributed by atoms with E-state index in [1.165, 1.54) is 19.3 Å². The van der Waals surface area contributed by atoms with Gasteiger partial charge in [0.25, 0.3) is 5.91 Å². The summed E-state index contributed by atoms with van der Waals surface area (Å²) in [5, 5.41) is 15.9. The number of fused-ring (bicyclic) bond motifs is 1. The minimum absolute atomic E-state index is 0.0588. The van der Waals surface area contributed by atoms with Crippen molar-refractivity contribution in [2.45, 2.75) is 90.9 Å². The predicted octanol–water partition coefficient (Wildman–Crippen LogP) is 3.81. The Labute approximate surface area is 240 Å². The molecular weight excluding hydrogens is 510 g/mol. The van der Waals surface area contributed by atoms with E-state index in [1.54, 1.807) is 44.1 Å². The van der Waals surface area contributed by atoms with E-state index in [0.29, 0.717) is 30.9 Å². The molecule has 40 heavy (non-hydrogen) atoms. The molecule has 0 saturated carbocycles. The molecule has 9 nitrogen and oxygen atoms in total. The normalized spacial score (nSPS) is 21.1. The van der Waals surface area contributed by atoms with Gasteiger partial charge in [-0.2, -0.15) is 0 Å². The smallest absolute Gasteiger partial charge is 0.270 e. The van der Waals surface area contributed by atoms with Crippen LogP contribution in [0.5, 0.6) is 5.75 Å². The highest BCUT2D eigenvalue weighted by atomic mass is 16.5. The molecule has 1 aromatic rings. The molecule has 4 rings (SSSR count). The summed E-state index contributed by atoms with van der Waals surface area (Å²) in [6, 6.07) is 5.92. The van der Waals surface area contributed by atoms with E-state index < -0.39 is 5.60 Å². The first-order valence-corrected chi connectivity index (χ1v) is 14.9. The first-order chi connectivity index (χ1) is 19.1. The number of rotatable bonds is 10. The number of nitrogens with zero attached hydrogens (tertiary/aromatic N) is 1. The second kappa shape index (κ2) is 15.1. The third-order valence-corrected chi connectivity index (χ3v) is 8.03. The summed E-state index contributed by atoms with van der Waals surface area (Å²) in [5.74, 6) is 1.40. The lowest BCUT2D eigenvalue weighted by molar-refractivity contribution is -0.132. The summed E-state index contributed by atoms with van der Waals surface area (Å²) in [5.41, 5.74) is 0.328. The maximum Gasteiger partial charge on any atom is 0.270 e. The van der Waals surface area contributed by atoms with Crippen molar-refractivity contribution in [2.75, 3.05) is 51.5 Å². The van der Waals surface area contributed by atoms with Crippen LogP contribution in [0.1, 0.15) is 78.2 Å². The Morgan fingerprint density at radius 3 is 2.62 bits per heavy atom. The maximum atomic E-state index is 12.5. The molecule has 3 aliphatic heterocycles. The summed E-state index contributed by atoms with van der Waals surface area (Å²) >= 11 is 0. The number of ether oxygens (including phenoxy) is 3. The van der Waals surface area contributed by atoms with Crippen LogP contribution in [0.15, 0.2) is 18.2 Å². The van der Waals surface area contributed by atoms with Crippen molar-refractivity contribution < 1.29 is 28.9 Å². The van der Waals surface area contributed by atoms with Gasteiger partial charge in [-0.25, -0.2) is 0 Å². The van der Waals surface area contributed by atoms with Gasteiger partial charge in [0, 0.05) is 51.5 Å². The number of methoxy groups -OCH3 is 1. The Kier molecular flexibility index (Phi) is 12.2. The van der Waals surface area contributed by atoms with Crippen molar-refractivity contribution in [1.29, 1.82) is 0 Å². The maximum absolute atomic E-state index is 12.5. The molecule has 1 aromatic carbocycles. The van der Waals surface area contributed by atoms with Crippen LogP contribution in [-0.4, -0.2) is 75.1 Å². The zero-order chi connectivity index (χ0) is 29.2.